The third kappa shape index (κ3) is 3.03. The molecule has 0 saturated heterocycles. The molecule has 1 aromatic rings. The minimum absolute atomic E-state index is 0.0612. The SMILES string of the molecule is Cc1ncoc1C(=O)NCCC(C)Cl. The number of nitrogens with one attached hydrogen (secondary N) is 1. The lowest BCUT2D eigenvalue weighted by atomic mass is 10.3. The Labute approximate surface area is 87.6 Å². The maximum Gasteiger partial charge on any atom is 0.288 e. The van der Waals surface area contributed by atoms with E-state index in [2.05, 4.69) is 10.3 Å². The van der Waals surface area contributed by atoms with Crippen LogP contribution in [0.4, 0.5) is 0 Å². The van der Waals surface area contributed by atoms with Gasteiger partial charge in [0.25, 0.3) is 5.91 Å². The number of aromatic nitrogens is 1. The maximum atomic E-state index is 11.4. The van der Waals surface area contributed by atoms with E-state index in [9.17, 15) is 4.79 Å². The second kappa shape index (κ2) is 5.00. The number of nitrogens with zero attached hydrogens (tertiary/aromatic N) is 1. The largest absolute Gasteiger partial charge is 0.438 e. The number of alkyl halides is 1. The molecule has 78 valence electrons. The molecule has 4 nitrogen and oxygen atoms in total. The van der Waals surface area contributed by atoms with Crippen LogP contribution in [-0.2, 0) is 0 Å². The third-order valence-corrected chi connectivity index (χ3v) is 2.00. The normalized spacial score (nSPS) is 12.5. The lowest BCUT2D eigenvalue weighted by Gasteiger charge is -2.04. The topological polar surface area (TPSA) is 55.1 Å². The Morgan fingerprint density at radius 3 is 3.00 bits per heavy atom. The van der Waals surface area contributed by atoms with Crippen LogP contribution < -0.4 is 5.32 Å². The summed E-state index contributed by atoms with van der Waals surface area (Å²) < 4.78 is 4.93. The van der Waals surface area contributed by atoms with E-state index in [1.807, 2.05) is 6.92 Å². The number of amides is 1. The van der Waals surface area contributed by atoms with Crippen LogP contribution in [0.25, 0.3) is 0 Å². The Morgan fingerprint density at radius 2 is 2.50 bits per heavy atom. The molecular weight excluding hydrogens is 204 g/mol. The molecule has 14 heavy (non-hydrogen) atoms. The van der Waals surface area contributed by atoms with Crippen molar-refractivity contribution in [1.29, 1.82) is 0 Å². The summed E-state index contributed by atoms with van der Waals surface area (Å²) in [5, 5.41) is 2.76. The summed E-state index contributed by atoms with van der Waals surface area (Å²) >= 11 is 5.73. The smallest absolute Gasteiger partial charge is 0.288 e. The van der Waals surface area contributed by atoms with Crippen molar-refractivity contribution < 1.29 is 9.21 Å². The van der Waals surface area contributed by atoms with Gasteiger partial charge < -0.3 is 9.73 Å². The van der Waals surface area contributed by atoms with Crippen molar-refractivity contribution in [2.75, 3.05) is 6.54 Å². The molecule has 0 spiro atoms. The zero-order valence-corrected chi connectivity index (χ0v) is 8.97. The molecule has 0 aliphatic carbocycles. The molecule has 0 aliphatic rings. The van der Waals surface area contributed by atoms with Gasteiger partial charge in [0.1, 0.15) is 0 Å². The van der Waals surface area contributed by atoms with Crippen molar-refractivity contribution >= 4 is 17.5 Å². The van der Waals surface area contributed by atoms with Gasteiger partial charge in [-0.25, -0.2) is 4.98 Å². The van der Waals surface area contributed by atoms with Crippen molar-refractivity contribution in [2.24, 2.45) is 0 Å². The average molecular weight is 217 g/mol. The van der Waals surface area contributed by atoms with Gasteiger partial charge in [-0.05, 0) is 20.3 Å². The minimum Gasteiger partial charge on any atom is -0.438 e. The van der Waals surface area contributed by atoms with Crippen molar-refractivity contribution in [3.8, 4) is 0 Å². The van der Waals surface area contributed by atoms with E-state index in [-0.39, 0.29) is 17.0 Å². The van der Waals surface area contributed by atoms with Gasteiger partial charge in [0.2, 0.25) is 5.76 Å². The molecule has 5 heteroatoms. The lowest BCUT2D eigenvalue weighted by Crippen LogP contribution is -2.25. The summed E-state index contributed by atoms with van der Waals surface area (Å²) in [4.78, 5) is 15.2. The number of oxazole rings is 1. The number of halogens is 1. The van der Waals surface area contributed by atoms with Crippen LogP contribution in [0.5, 0.6) is 0 Å². The average Bonchev–Trinajstić information content (AvgIpc) is 2.50. The van der Waals surface area contributed by atoms with E-state index in [0.29, 0.717) is 12.2 Å². The molecule has 0 fully saturated rings. The third-order valence-electron chi connectivity index (χ3n) is 1.78. The summed E-state index contributed by atoms with van der Waals surface area (Å²) in [6.45, 7) is 4.15. The fraction of sp³-hybridized carbons (Fsp3) is 0.556. The van der Waals surface area contributed by atoms with Gasteiger partial charge in [-0.3, -0.25) is 4.79 Å². The standard InChI is InChI=1S/C9H13ClN2O2/c1-6(10)3-4-11-9(13)8-7(2)12-5-14-8/h5-6H,3-4H2,1-2H3,(H,11,13). The minimum atomic E-state index is -0.239. The lowest BCUT2D eigenvalue weighted by molar-refractivity contribution is 0.0925. The molecule has 1 amide bonds. The van der Waals surface area contributed by atoms with Crippen molar-refractivity contribution in [2.45, 2.75) is 25.6 Å². The van der Waals surface area contributed by atoms with Gasteiger partial charge in [-0.1, -0.05) is 0 Å². The molecule has 1 N–H and O–H groups in total. The highest BCUT2D eigenvalue weighted by molar-refractivity contribution is 6.20. The number of carbonyl (C=O) groups excluding carboxylic acids is 1. The first-order valence-corrected chi connectivity index (χ1v) is 4.87. The quantitative estimate of drug-likeness (QED) is 0.780. The van der Waals surface area contributed by atoms with E-state index in [4.69, 9.17) is 16.0 Å². The van der Waals surface area contributed by atoms with E-state index >= 15 is 0 Å². The highest BCUT2D eigenvalue weighted by atomic mass is 35.5. The molecule has 1 rings (SSSR count). The Bertz CT molecular complexity index is 310. The summed E-state index contributed by atoms with van der Waals surface area (Å²) in [5.74, 6) is 0.0320. The monoisotopic (exact) mass is 216 g/mol. The second-order valence-corrected chi connectivity index (χ2v) is 3.84. The van der Waals surface area contributed by atoms with Crippen LogP contribution in [0.2, 0.25) is 0 Å². The van der Waals surface area contributed by atoms with Crippen LogP contribution in [-0.4, -0.2) is 22.8 Å². The van der Waals surface area contributed by atoms with E-state index < -0.39 is 0 Å². The van der Waals surface area contributed by atoms with Gasteiger partial charge >= 0.3 is 0 Å². The summed E-state index contributed by atoms with van der Waals surface area (Å²) in [6, 6.07) is 0. The summed E-state index contributed by atoms with van der Waals surface area (Å²) in [5.41, 5.74) is 0.599. The Kier molecular flexibility index (Phi) is 3.95. The molecule has 1 atom stereocenters. The van der Waals surface area contributed by atoms with Crippen LogP contribution in [0.1, 0.15) is 29.6 Å². The first-order valence-electron chi connectivity index (χ1n) is 4.43. The number of hydrogen-bond acceptors (Lipinski definition) is 3. The molecule has 0 aromatic carbocycles. The van der Waals surface area contributed by atoms with Gasteiger partial charge in [-0.15, -0.1) is 11.6 Å². The predicted octanol–water partition coefficient (Wildman–Crippen LogP) is 1.73. The van der Waals surface area contributed by atoms with Crippen molar-refractivity contribution in [3.63, 3.8) is 0 Å². The zero-order chi connectivity index (χ0) is 10.6. The summed E-state index contributed by atoms with van der Waals surface area (Å²) in [6.07, 6.45) is 1.99. The van der Waals surface area contributed by atoms with Gasteiger partial charge in [0, 0.05) is 11.9 Å². The molecule has 0 aliphatic heterocycles. The van der Waals surface area contributed by atoms with Crippen LogP contribution in [0, 0.1) is 6.92 Å². The van der Waals surface area contributed by atoms with E-state index in [1.165, 1.54) is 6.39 Å². The van der Waals surface area contributed by atoms with Crippen molar-refractivity contribution in [3.05, 3.63) is 17.8 Å². The molecule has 0 saturated carbocycles. The number of hydrogen-bond donors (Lipinski definition) is 1. The number of aryl methyl sites for hydroxylation is 1. The number of rotatable bonds is 4. The van der Waals surface area contributed by atoms with Crippen LogP contribution in [0.15, 0.2) is 10.8 Å². The van der Waals surface area contributed by atoms with Gasteiger partial charge in [0.05, 0.1) is 5.69 Å². The Hall–Kier alpha value is -1.03. The van der Waals surface area contributed by atoms with Gasteiger partial charge in [-0.2, -0.15) is 0 Å². The van der Waals surface area contributed by atoms with E-state index in [1.54, 1.807) is 6.92 Å². The zero-order valence-electron chi connectivity index (χ0n) is 8.21. The Morgan fingerprint density at radius 1 is 1.79 bits per heavy atom. The van der Waals surface area contributed by atoms with Crippen molar-refractivity contribution in [1.82, 2.24) is 10.3 Å². The fourth-order valence-electron chi connectivity index (χ4n) is 0.985. The first-order chi connectivity index (χ1) is 6.61. The molecule has 1 heterocycles. The first kappa shape index (κ1) is 11.0. The second-order valence-electron chi connectivity index (χ2n) is 3.09. The molecule has 0 bridgehead atoms. The fourth-order valence-corrected chi connectivity index (χ4v) is 1.09. The van der Waals surface area contributed by atoms with E-state index in [0.717, 1.165) is 6.42 Å². The van der Waals surface area contributed by atoms with Crippen LogP contribution >= 0.6 is 11.6 Å². The molecule has 1 aromatic heterocycles. The van der Waals surface area contributed by atoms with Gasteiger partial charge in [0.15, 0.2) is 6.39 Å². The number of carbonyl (C=O) groups is 1. The molecule has 0 radical (unpaired) electrons. The predicted molar refractivity (Wildman–Crippen MR) is 53.5 cm³/mol. The Balaban J connectivity index is 2.40. The summed E-state index contributed by atoms with van der Waals surface area (Å²) in [7, 11) is 0. The maximum absolute atomic E-state index is 11.4. The highest BCUT2D eigenvalue weighted by Crippen LogP contribution is 2.04. The highest BCUT2D eigenvalue weighted by Gasteiger charge is 2.12. The molecular formula is C9H13ClN2O2. The molecule has 1 unspecified atom stereocenters. The van der Waals surface area contributed by atoms with Crippen LogP contribution in [0.3, 0.4) is 0 Å².